The molecule has 0 unspecified atom stereocenters. The second-order valence-corrected chi connectivity index (χ2v) is 7.94. The van der Waals surface area contributed by atoms with Crippen LogP contribution < -0.4 is 10.2 Å². The molecule has 1 N–H and O–H groups in total. The van der Waals surface area contributed by atoms with E-state index in [0.717, 1.165) is 22.5 Å². The van der Waals surface area contributed by atoms with Gasteiger partial charge < -0.3 is 15.0 Å². The number of alkyl halides is 3. The molecule has 34 heavy (non-hydrogen) atoms. The number of anilines is 2. The maximum atomic E-state index is 13.0. The molecule has 0 bridgehead atoms. The van der Waals surface area contributed by atoms with Crippen molar-refractivity contribution < 1.29 is 22.7 Å². The number of carbonyl (C=O) groups is 1. The lowest BCUT2D eigenvalue weighted by molar-refractivity contribution is -0.112. The zero-order chi connectivity index (χ0) is 24.9. The van der Waals surface area contributed by atoms with E-state index in [0.29, 0.717) is 43.2 Å². The Morgan fingerprint density at radius 1 is 1.26 bits per heavy atom. The Hall–Kier alpha value is -3.17. The molecule has 2 heterocycles. The average molecular weight is 493 g/mol. The molecule has 1 saturated heterocycles. The molecule has 1 aromatic carbocycles. The number of halogens is 4. The fourth-order valence-corrected chi connectivity index (χ4v) is 3.66. The minimum absolute atomic E-state index is 0.191. The number of hydrogen-bond donors (Lipinski definition) is 1. The Kier molecular flexibility index (Phi) is 8.11. The van der Waals surface area contributed by atoms with Crippen LogP contribution in [0.25, 0.3) is 11.1 Å². The molecule has 0 saturated carbocycles. The molecule has 10 heteroatoms. The number of aromatic nitrogens is 1. The van der Waals surface area contributed by atoms with Gasteiger partial charge in [0.1, 0.15) is 16.7 Å². The van der Waals surface area contributed by atoms with Gasteiger partial charge in [0.05, 0.1) is 13.2 Å². The van der Waals surface area contributed by atoms with Crippen molar-refractivity contribution in [1.29, 1.82) is 0 Å². The molecular weight excluding hydrogens is 469 g/mol. The number of hydrogen-bond acceptors (Lipinski definition) is 5. The van der Waals surface area contributed by atoms with Crippen LogP contribution in [0.4, 0.5) is 24.7 Å². The molecule has 1 amide bonds. The van der Waals surface area contributed by atoms with E-state index < -0.39 is 17.8 Å². The van der Waals surface area contributed by atoms with Crippen LogP contribution in [0.3, 0.4) is 0 Å². The number of morpholine rings is 1. The number of benzene rings is 1. The molecule has 180 valence electrons. The summed E-state index contributed by atoms with van der Waals surface area (Å²) in [7, 11) is 0. The van der Waals surface area contributed by atoms with Crippen LogP contribution >= 0.6 is 11.6 Å². The van der Waals surface area contributed by atoms with E-state index in [9.17, 15) is 18.0 Å². The van der Waals surface area contributed by atoms with E-state index in [-0.39, 0.29) is 5.57 Å². The monoisotopic (exact) mass is 492 g/mol. The number of rotatable bonds is 6. The van der Waals surface area contributed by atoms with Gasteiger partial charge in [-0.1, -0.05) is 23.7 Å². The average Bonchev–Trinajstić information content (AvgIpc) is 2.80. The van der Waals surface area contributed by atoms with Crippen molar-refractivity contribution in [3.63, 3.8) is 0 Å². The van der Waals surface area contributed by atoms with Crippen molar-refractivity contribution in [1.82, 2.24) is 4.98 Å². The van der Waals surface area contributed by atoms with Crippen LogP contribution in [0.15, 0.2) is 58.7 Å². The van der Waals surface area contributed by atoms with Crippen LogP contribution in [0.1, 0.15) is 12.5 Å². The summed E-state index contributed by atoms with van der Waals surface area (Å²) in [5.41, 5.74) is 1.51. The predicted octanol–water partition coefficient (Wildman–Crippen LogP) is 5.58. The first kappa shape index (κ1) is 25.5. The van der Waals surface area contributed by atoms with Gasteiger partial charge in [-0.3, -0.25) is 9.79 Å². The van der Waals surface area contributed by atoms with E-state index in [1.807, 2.05) is 19.1 Å². The summed E-state index contributed by atoms with van der Waals surface area (Å²) < 4.78 is 44.4. The highest BCUT2D eigenvalue weighted by atomic mass is 35.5. The molecule has 2 aromatic rings. The number of amides is 1. The van der Waals surface area contributed by atoms with Crippen LogP contribution in [0.5, 0.6) is 0 Å². The van der Waals surface area contributed by atoms with Crippen LogP contribution in [-0.4, -0.2) is 50.1 Å². The number of aryl methyl sites for hydroxylation is 1. The van der Waals surface area contributed by atoms with Gasteiger partial charge >= 0.3 is 6.18 Å². The van der Waals surface area contributed by atoms with Crippen molar-refractivity contribution >= 4 is 35.7 Å². The van der Waals surface area contributed by atoms with Crippen molar-refractivity contribution in [3.05, 3.63) is 64.5 Å². The maximum Gasteiger partial charge on any atom is 0.433 e. The third-order valence-electron chi connectivity index (χ3n) is 5.25. The van der Waals surface area contributed by atoms with Gasteiger partial charge in [0.2, 0.25) is 0 Å². The largest absolute Gasteiger partial charge is 0.433 e. The molecule has 1 aliphatic rings. The first-order chi connectivity index (χ1) is 16.1. The minimum atomic E-state index is -4.72. The Labute approximate surface area is 200 Å². The molecule has 0 aliphatic carbocycles. The standard InChI is InChI=1S/C24H24ClF3N4O2/c1-4-16(11-20(29-3)24(26,27)28)23(33)30-18-6-5-15(2)19(14-18)17-12-21(25)31-22(13-17)32-7-9-34-10-8-32/h4-6,11-14H,3,7-10H2,1-2H3,(H,30,33)/b16-4+,20-11-. The fraction of sp³-hybridized carbons (Fsp3) is 0.292. The van der Waals surface area contributed by atoms with Gasteiger partial charge in [-0.05, 0) is 67.6 Å². The Morgan fingerprint density at radius 3 is 2.59 bits per heavy atom. The number of allylic oxidation sites excluding steroid dienone is 2. The van der Waals surface area contributed by atoms with Crippen LogP contribution in [-0.2, 0) is 9.53 Å². The number of carbonyl (C=O) groups excluding carboxylic acids is 1. The summed E-state index contributed by atoms with van der Waals surface area (Å²) in [6.07, 6.45) is -2.78. The lowest BCUT2D eigenvalue weighted by Gasteiger charge is -2.28. The van der Waals surface area contributed by atoms with Gasteiger partial charge in [0.15, 0.2) is 0 Å². The van der Waals surface area contributed by atoms with Crippen LogP contribution in [0, 0.1) is 6.92 Å². The van der Waals surface area contributed by atoms with E-state index in [4.69, 9.17) is 16.3 Å². The summed E-state index contributed by atoms with van der Waals surface area (Å²) in [4.78, 5) is 22.2. The topological polar surface area (TPSA) is 66.8 Å². The molecular formula is C24H24ClF3N4O2. The normalized spacial score (nSPS) is 15.3. The summed E-state index contributed by atoms with van der Waals surface area (Å²) in [6, 6.07) is 8.87. The predicted molar refractivity (Wildman–Crippen MR) is 129 cm³/mol. The Morgan fingerprint density at radius 2 is 1.97 bits per heavy atom. The molecule has 1 aliphatic heterocycles. The van der Waals surface area contributed by atoms with Gasteiger partial charge in [-0.15, -0.1) is 0 Å². The molecule has 6 nitrogen and oxygen atoms in total. The second-order valence-electron chi connectivity index (χ2n) is 7.55. The third kappa shape index (κ3) is 6.24. The smallest absolute Gasteiger partial charge is 0.378 e. The highest BCUT2D eigenvalue weighted by Crippen LogP contribution is 2.32. The van der Waals surface area contributed by atoms with Gasteiger partial charge in [-0.25, -0.2) is 4.98 Å². The lowest BCUT2D eigenvalue weighted by atomic mass is 10.0. The molecule has 0 atom stereocenters. The van der Waals surface area contributed by atoms with Gasteiger partial charge in [0, 0.05) is 24.4 Å². The third-order valence-corrected chi connectivity index (χ3v) is 5.44. The quantitative estimate of drug-likeness (QED) is 0.247. The number of aliphatic imine (C=N–C) groups is 1. The minimum Gasteiger partial charge on any atom is -0.378 e. The van der Waals surface area contributed by atoms with E-state index in [1.165, 1.54) is 13.0 Å². The first-order valence-electron chi connectivity index (χ1n) is 10.5. The molecule has 0 spiro atoms. The summed E-state index contributed by atoms with van der Waals surface area (Å²) >= 11 is 6.30. The molecule has 1 aromatic heterocycles. The molecule has 1 fully saturated rings. The lowest BCUT2D eigenvalue weighted by Crippen LogP contribution is -2.36. The second kappa shape index (κ2) is 10.8. The number of ether oxygens (including phenoxy) is 1. The van der Waals surface area contributed by atoms with Crippen molar-refractivity contribution in [3.8, 4) is 11.1 Å². The fourth-order valence-electron chi connectivity index (χ4n) is 3.45. The first-order valence-corrected chi connectivity index (χ1v) is 10.8. The van der Waals surface area contributed by atoms with Crippen molar-refractivity contribution in [2.75, 3.05) is 36.5 Å². The van der Waals surface area contributed by atoms with Crippen molar-refractivity contribution in [2.45, 2.75) is 20.0 Å². The summed E-state index contributed by atoms with van der Waals surface area (Å²) in [5, 5.41) is 2.97. The SMILES string of the molecule is C=N/C(=C\C(=C/C)C(=O)Nc1ccc(C)c(-c2cc(Cl)nc(N3CCOCC3)c2)c1)C(F)(F)F. The van der Waals surface area contributed by atoms with Crippen LogP contribution in [0.2, 0.25) is 5.15 Å². The summed E-state index contributed by atoms with van der Waals surface area (Å²) in [5.74, 6) is 0.0158. The number of pyridine rings is 1. The Bertz CT molecular complexity index is 1140. The van der Waals surface area contributed by atoms with E-state index in [2.05, 4.69) is 26.9 Å². The van der Waals surface area contributed by atoms with Gasteiger partial charge in [-0.2, -0.15) is 13.2 Å². The Balaban J connectivity index is 1.90. The highest BCUT2D eigenvalue weighted by Gasteiger charge is 2.33. The highest BCUT2D eigenvalue weighted by molar-refractivity contribution is 6.29. The number of nitrogens with one attached hydrogen (secondary N) is 1. The molecule has 0 radical (unpaired) electrons. The summed E-state index contributed by atoms with van der Waals surface area (Å²) in [6.45, 7) is 8.91. The van der Waals surface area contributed by atoms with E-state index >= 15 is 0 Å². The zero-order valence-corrected chi connectivity index (χ0v) is 19.5. The van der Waals surface area contributed by atoms with Gasteiger partial charge in [0.25, 0.3) is 5.91 Å². The molecule has 3 rings (SSSR count). The van der Waals surface area contributed by atoms with Crippen molar-refractivity contribution in [2.24, 2.45) is 4.99 Å². The zero-order valence-electron chi connectivity index (χ0n) is 18.7. The number of nitrogens with zero attached hydrogens (tertiary/aromatic N) is 3. The van der Waals surface area contributed by atoms with E-state index in [1.54, 1.807) is 18.2 Å². The maximum absolute atomic E-state index is 13.0.